The average molecular weight is 456 g/mol. The SMILES string of the molecule is O=CN1CCN(CC(=O)N2CCNC(=O)[C@@H]2CC(=O)Nc2cc(Cl)cc(Cl)c2)CC1. The number of benzene rings is 1. The number of carbonyl (C=O) groups is 4. The van der Waals surface area contributed by atoms with Gasteiger partial charge in [-0.2, -0.15) is 0 Å². The van der Waals surface area contributed by atoms with Crippen molar-refractivity contribution in [3.05, 3.63) is 28.2 Å². The Bertz CT molecular complexity index is 809. The molecule has 1 aromatic carbocycles. The third kappa shape index (κ3) is 5.84. The highest BCUT2D eigenvalue weighted by Crippen LogP contribution is 2.23. The van der Waals surface area contributed by atoms with Gasteiger partial charge in [0.15, 0.2) is 0 Å². The van der Waals surface area contributed by atoms with Gasteiger partial charge in [-0.25, -0.2) is 0 Å². The second-order valence-corrected chi connectivity index (χ2v) is 8.09. The largest absolute Gasteiger partial charge is 0.353 e. The maximum atomic E-state index is 12.9. The van der Waals surface area contributed by atoms with Crippen LogP contribution in [0.15, 0.2) is 18.2 Å². The lowest BCUT2D eigenvalue weighted by Crippen LogP contribution is -2.60. The molecule has 2 N–H and O–H groups in total. The molecule has 0 aromatic heterocycles. The molecule has 0 unspecified atom stereocenters. The van der Waals surface area contributed by atoms with Crippen molar-refractivity contribution in [1.29, 1.82) is 0 Å². The first-order valence-electron chi connectivity index (χ1n) is 9.60. The number of hydrogen-bond donors (Lipinski definition) is 2. The Morgan fingerprint density at radius 3 is 2.40 bits per heavy atom. The molecule has 0 saturated carbocycles. The summed E-state index contributed by atoms with van der Waals surface area (Å²) >= 11 is 11.9. The Hall–Kier alpha value is -2.36. The van der Waals surface area contributed by atoms with Crippen molar-refractivity contribution in [3.8, 4) is 0 Å². The number of nitrogens with zero attached hydrogens (tertiary/aromatic N) is 3. The van der Waals surface area contributed by atoms with Crippen molar-refractivity contribution in [2.45, 2.75) is 12.5 Å². The molecule has 0 radical (unpaired) electrons. The minimum Gasteiger partial charge on any atom is -0.353 e. The van der Waals surface area contributed by atoms with Crippen LogP contribution in [-0.4, -0.2) is 90.7 Å². The quantitative estimate of drug-likeness (QED) is 0.605. The fourth-order valence-corrected chi connectivity index (χ4v) is 4.06. The monoisotopic (exact) mass is 455 g/mol. The highest BCUT2D eigenvalue weighted by atomic mass is 35.5. The molecule has 2 aliphatic rings. The van der Waals surface area contributed by atoms with E-state index in [9.17, 15) is 19.2 Å². The third-order valence-electron chi connectivity index (χ3n) is 5.09. The first kappa shape index (κ1) is 22.3. The minimum atomic E-state index is -0.892. The lowest BCUT2D eigenvalue weighted by molar-refractivity contribution is -0.145. The minimum absolute atomic E-state index is 0.141. The van der Waals surface area contributed by atoms with E-state index in [4.69, 9.17) is 23.2 Å². The Morgan fingerprint density at radius 2 is 1.77 bits per heavy atom. The number of piperazine rings is 2. The fourth-order valence-electron chi connectivity index (χ4n) is 3.54. The normalized spacial score (nSPS) is 19.9. The molecule has 3 rings (SSSR count). The smallest absolute Gasteiger partial charge is 0.243 e. The van der Waals surface area contributed by atoms with E-state index in [-0.39, 0.29) is 24.8 Å². The second kappa shape index (κ2) is 10.1. The van der Waals surface area contributed by atoms with Crippen molar-refractivity contribution in [2.24, 2.45) is 0 Å². The second-order valence-electron chi connectivity index (χ2n) is 7.22. The lowest BCUT2D eigenvalue weighted by Gasteiger charge is -2.37. The van der Waals surface area contributed by atoms with Gasteiger partial charge < -0.3 is 20.4 Å². The first-order chi connectivity index (χ1) is 14.4. The molecule has 0 aliphatic carbocycles. The van der Waals surface area contributed by atoms with E-state index in [0.29, 0.717) is 55.0 Å². The van der Waals surface area contributed by atoms with Gasteiger partial charge in [-0.15, -0.1) is 0 Å². The number of rotatable bonds is 6. The molecule has 9 nitrogen and oxygen atoms in total. The van der Waals surface area contributed by atoms with Crippen LogP contribution in [-0.2, 0) is 19.2 Å². The van der Waals surface area contributed by atoms with Crippen molar-refractivity contribution in [3.63, 3.8) is 0 Å². The first-order valence-corrected chi connectivity index (χ1v) is 10.4. The summed E-state index contributed by atoms with van der Waals surface area (Å²) in [5, 5.41) is 6.13. The predicted molar refractivity (Wildman–Crippen MR) is 112 cm³/mol. The van der Waals surface area contributed by atoms with Gasteiger partial charge in [-0.3, -0.25) is 24.1 Å². The molecule has 2 fully saturated rings. The number of anilines is 1. The van der Waals surface area contributed by atoms with Crippen LogP contribution in [0.3, 0.4) is 0 Å². The molecule has 0 bridgehead atoms. The number of nitrogens with one attached hydrogen (secondary N) is 2. The van der Waals surface area contributed by atoms with Gasteiger partial charge >= 0.3 is 0 Å². The summed E-state index contributed by atoms with van der Waals surface area (Å²) < 4.78 is 0. The Kier molecular flexibility index (Phi) is 7.52. The number of hydrogen-bond acceptors (Lipinski definition) is 5. The summed E-state index contributed by atoms with van der Waals surface area (Å²) in [6, 6.07) is 3.75. The van der Waals surface area contributed by atoms with Gasteiger partial charge in [0, 0.05) is 55.0 Å². The number of halogens is 2. The van der Waals surface area contributed by atoms with Crippen molar-refractivity contribution >= 4 is 53.0 Å². The predicted octanol–water partition coefficient (Wildman–Crippen LogP) is 0.423. The van der Waals surface area contributed by atoms with Crippen LogP contribution >= 0.6 is 23.2 Å². The maximum Gasteiger partial charge on any atom is 0.243 e. The zero-order valence-electron chi connectivity index (χ0n) is 16.3. The molecule has 2 saturated heterocycles. The molecule has 2 aliphatic heterocycles. The van der Waals surface area contributed by atoms with E-state index in [1.54, 1.807) is 23.1 Å². The maximum absolute atomic E-state index is 12.9. The number of carbonyl (C=O) groups excluding carboxylic acids is 4. The molecule has 4 amide bonds. The molecule has 1 aromatic rings. The van der Waals surface area contributed by atoms with Crippen LogP contribution in [0.1, 0.15) is 6.42 Å². The summed E-state index contributed by atoms with van der Waals surface area (Å²) in [6.45, 7) is 3.11. The van der Waals surface area contributed by atoms with E-state index in [0.717, 1.165) is 6.41 Å². The molecule has 2 heterocycles. The standard InChI is InChI=1S/C19H23Cl2N5O4/c20-13-7-14(21)9-15(8-13)23-17(28)10-16-19(30)22-1-2-26(16)18(29)11-24-3-5-25(12-27)6-4-24/h7-9,12,16H,1-6,10-11H2,(H,22,30)(H,23,28)/t16-/m0/s1. The summed E-state index contributed by atoms with van der Waals surface area (Å²) in [6.07, 6.45) is 0.622. The summed E-state index contributed by atoms with van der Waals surface area (Å²) in [5.74, 6) is -1.000. The Labute approximate surface area is 184 Å². The Morgan fingerprint density at radius 1 is 1.10 bits per heavy atom. The fraction of sp³-hybridized carbons (Fsp3) is 0.474. The summed E-state index contributed by atoms with van der Waals surface area (Å²) in [5.41, 5.74) is 0.416. The van der Waals surface area contributed by atoms with Crippen LogP contribution in [0.2, 0.25) is 10.0 Å². The molecule has 30 heavy (non-hydrogen) atoms. The van der Waals surface area contributed by atoms with Gasteiger partial charge in [0.1, 0.15) is 6.04 Å². The molecule has 11 heteroatoms. The van der Waals surface area contributed by atoms with Crippen LogP contribution in [0.4, 0.5) is 5.69 Å². The van der Waals surface area contributed by atoms with Crippen LogP contribution in [0.25, 0.3) is 0 Å². The van der Waals surface area contributed by atoms with Gasteiger partial charge in [-0.05, 0) is 18.2 Å². The third-order valence-corrected chi connectivity index (χ3v) is 5.53. The topological polar surface area (TPSA) is 102 Å². The highest BCUT2D eigenvalue weighted by Gasteiger charge is 2.35. The van der Waals surface area contributed by atoms with Crippen molar-refractivity contribution < 1.29 is 19.2 Å². The zero-order valence-corrected chi connectivity index (χ0v) is 17.8. The van der Waals surface area contributed by atoms with Gasteiger partial charge in [0.2, 0.25) is 24.1 Å². The lowest BCUT2D eigenvalue weighted by atomic mass is 10.1. The summed E-state index contributed by atoms with van der Waals surface area (Å²) in [7, 11) is 0. The molecule has 162 valence electrons. The summed E-state index contributed by atoms with van der Waals surface area (Å²) in [4.78, 5) is 53.6. The molecule has 1 atom stereocenters. The van der Waals surface area contributed by atoms with E-state index < -0.39 is 11.9 Å². The van der Waals surface area contributed by atoms with Crippen molar-refractivity contribution in [1.82, 2.24) is 20.0 Å². The molecular formula is C19H23Cl2N5O4. The van der Waals surface area contributed by atoms with E-state index in [1.165, 1.54) is 4.90 Å². The zero-order chi connectivity index (χ0) is 21.7. The van der Waals surface area contributed by atoms with E-state index in [2.05, 4.69) is 10.6 Å². The molecule has 0 spiro atoms. The van der Waals surface area contributed by atoms with Crippen LogP contribution in [0.5, 0.6) is 0 Å². The Balaban J connectivity index is 1.61. The van der Waals surface area contributed by atoms with Crippen molar-refractivity contribution in [2.75, 3.05) is 51.1 Å². The average Bonchev–Trinajstić information content (AvgIpc) is 2.69. The van der Waals surface area contributed by atoms with Gasteiger partial charge in [0.25, 0.3) is 0 Å². The van der Waals surface area contributed by atoms with Crippen LogP contribution in [0, 0.1) is 0 Å². The number of amides is 4. The van der Waals surface area contributed by atoms with E-state index in [1.807, 2.05) is 4.90 Å². The van der Waals surface area contributed by atoms with Gasteiger partial charge in [-0.1, -0.05) is 23.2 Å². The van der Waals surface area contributed by atoms with E-state index >= 15 is 0 Å². The highest BCUT2D eigenvalue weighted by molar-refractivity contribution is 6.35. The van der Waals surface area contributed by atoms with Crippen LogP contribution < -0.4 is 10.6 Å². The molecular weight excluding hydrogens is 433 g/mol. The van der Waals surface area contributed by atoms with Gasteiger partial charge in [0.05, 0.1) is 13.0 Å².